The van der Waals surface area contributed by atoms with Crippen LogP contribution in [0.5, 0.6) is 0 Å². The summed E-state index contributed by atoms with van der Waals surface area (Å²) in [5.41, 5.74) is 2.71. The van der Waals surface area contributed by atoms with Crippen molar-refractivity contribution in [3.05, 3.63) is 30.0 Å². The summed E-state index contributed by atoms with van der Waals surface area (Å²) >= 11 is 0. The Balaban J connectivity index is 1.79. The molecule has 1 N–H and O–H groups in total. The third-order valence-electron chi connectivity index (χ3n) is 4.24. The number of aryl methyl sites for hydroxylation is 1. The minimum atomic E-state index is -0.768. The van der Waals surface area contributed by atoms with E-state index in [1.165, 1.54) is 0 Å². The van der Waals surface area contributed by atoms with Gasteiger partial charge in [0.2, 0.25) is 0 Å². The highest BCUT2D eigenvalue weighted by molar-refractivity contribution is 5.76. The van der Waals surface area contributed by atoms with Crippen molar-refractivity contribution in [3.63, 3.8) is 0 Å². The number of hydrogen-bond acceptors (Lipinski definition) is 5. The predicted molar refractivity (Wildman–Crippen MR) is 85.2 cm³/mol. The first kappa shape index (κ1) is 14.7. The van der Waals surface area contributed by atoms with Crippen molar-refractivity contribution in [2.24, 2.45) is 0 Å². The molecule has 2 aromatic rings. The molecule has 1 saturated heterocycles. The number of benzene rings is 1. The van der Waals surface area contributed by atoms with Gasteiger partial charge in [-0.3, -0.25) is 9.69 Å². The second kappa shape index (κ2) is 5.88. The monoisotopic (exact) mass is 300 g/mol. The van der Waals surface area contributed by atoms with E-state index in [2.05, 4.69) is 9.88 Å². The molecule has 22 heavy (non-hydrogen) atoms. The van der Waals surface area contributed by atoms with Gasteiger partial charge >= 0.3 is 5.97 Å². The van der Waals surface area contributed by atoms with Crippen LogP contribution in [0.1, 0.15) is 12.6 Å². The van der Waals surface area contributed by atoms with Gasteiger partial charge < -0.3 is 10.0 Å². The molecule has 1 aliphatic heterocycles. The summed E-state index contributed by atoms with van der Waals surface area (Å²) in [6.07, 6.45) is 0. The lowest BCUT2D eigenvalue weighted by molar-refractivity contribution is -0.142. The standard InChI is InChI=1S/C16H20N4O2/c1-11-15(18-14-6-4-3-5-13(14)17-11)20-9-7-19(8-10-20)12(2)16(21)22/h3-6,12H,7-10H2,1-2H3,(H,21,22). The fourth-order valence-corrected chi connectivity index (χ4v) is 2.86. The van der Waals surface area contributed by atoms with Gasteiger partial charge in [-0.2, -0.15) is 0 Å². The van der Waals surface area contributed by atoms with Crippen LogP contribution in [-0.2, 0) is 4.79 Å². The number of para-hydroxylation sites is 2. The lowest BCUT2D eigenvalue weighted by atomic mass is 10.2. The zero-order valence-electron chi connectivity index (χ0n) is 12.9. The molecule has 1 aromatic carbocycles. The Bertz CT molecular complexity index is 696. The molecule has 0 spiro atoms. The fraction of sp³-hybridized carbons (Fsp3) is 0.438. The van der Waals surface area contributed by atoms with E-state index in [1.54, 1.807) is 6.92 Å². The minimum absolute atomic E-state index is 0.439. The number of hydrogen-bond donors (Lipinski definition) is 1. The molecule has 2 heterocycles. The molecule has 0 amide bonds. The number of carboxylic acids is 1. The maximum absolute atomic E-state index is 11.1. The number of anilines is 1. The van der Waals surface area contributed by atoms with Gasteiger partial charge in [0.1, 0.15) is 6.04 Å². The summed E-state index contributed by atoms with van der Waals surface area (Å²) in [6.45, 7) is 6.69. The second-order valence-electron chi connectivity index (χ2n) is 5.66. The summed E-state index contributed by atoms with van der Waals surface area (Å²) in [7, 11) is 0. The third kappa shape index (κ3) is 2.74. The molecule has 1 atom stereocenters. The predicted octanol–water partition coefficient (Wildman–Crippen LogP) is 1.53. The van der Waals surface area contributed by atoms with Crippen molar-refractivity contribution in [1.29, 1.82) is 0 Å². The van der Waals surface area contributed by atoms with Crippen LogP contribution >= 0.6 is 0 Å². The van der Waals surface area contributed by atoms with E-state index >= 15 is 0 Å². The summed E-state index contributed by atoms with van der Waals surface area (Å²) in [6, 6.07) is 7.41. The molecule has 1 fully saturated rings. The summed E-state index contributed by atoms with van der Waals surface area (Å²) in [4.78, 5) is 24.6. The molecule has 1 unspecified atom stereocenters. The molecular weight excluding hydrogens is 280 g/mol. The van der Waals surface area contributed by atoms with Crippen molar-refractivity contribution in [1.82, 2.24) is 14.9 Å². The Morgan fingerprint density at radius 1 is 1.14 bits per heavy atom. The van der Waals surface area contributed by atoms with Crippen LogP contribution in [0.25, 0.3) is 11.0 Å². The maximum atomic E-state index is 11.1. The molecule has 116 valence electrons. The van der Waals surface area contributed by atoms with Gasteiger partial charge in [0.25, 0.3) is 0 Å². The van der Waals surface area contributed by atoms with Crippen molar-refractivity contribution in [2.45, 2.75) is 19.9 Å². The summed E-state index contributed by atoms with van der Waals surface area (Å²) < 4.78 is 0. The molecular formula is C16H20N4O2. The highest BCUT2D eigenvalue weighted by atomic mass is 16.4. The molecule has 0 radical (unpaired) electrons. The van der Waals surface area contributed by atoms with E-state index in [0.29, 0.717) is 0 Å². The van der Waals surface area contributed by atoms with Gasteiger partial charge in [-0.15, -0.1) is 0 Å². The lowest BCUT2D eigenvalue weighted by Gasteiger charge is -2.37. The van der Waals surface area contributed by atoms with Crippen LogP contribution in [-0.4, -0.2) is 58.2 Å². The quantitative estimate of drug-likeness (QED) is 0.927. The van der Waals surface area contributed by atoms with Crippen molar-refractivity contribution < 1.29 is 9.90 Å². The van der Waals surface area contributed by atoms with E-state index in [9.17, 15) is 4.79 Å². The summed E-state index contributed by atoms with van der Waals surface area (Å²) in [5.74, 6) is 0.136. The normalized spacial score (nSPS) is 17.6. The molecule has 0 bridgehead atoms. The van der Waals surface area contributed by atoms with Crippen LogP contribution in [0.15, 0.2) is 24.3 Å². The van der Waals surface area contributed by atoms with E-state index in [4.69, 9.17) is 10.1 Å². The Morgan fingerprint density at radius 2 is 1.73 bits per heavy atom. The van der Waals surface area contributed by atoms with Crippen LogP contribution in [0.2, 0.25) is 0 Å². The average molecular weight is 300 g/mol. The first-order chi connectivity index (χ1) is 10.6. The van der Waals surface area contributed by atoms with Crippen LogP contribution in [0.3, 0.4) is 0 Å². The Hall–Kier alpha value is -2.21. The zero-order valence-corrected chi connectivity index (χ0v) is 12.9. The number of piperazine rings is 1. The number of aliphatic carboxylic acids is 1. The SMILES string of the molecule is Cc1nc2ccccc2nc1N1CCN(C(C)C(=O)O)CC1. The third-order valence-corrected chi connectivity index (χ3v) is 4.24. The number of carboxylic acid groups (broad SMARTS) is 1. The number of nitrogens with zero attached hydrogens (tertiary/aromatic N) is 4. The summed E-state index contributed by atoms with van der Waals surface area (Å²) in [5, 5.41) is 9.10. The molecule has 1 aromatic heterocycles. The van der Waals surface area contributed by atoms with Crippen LogP contribution in [0, 0.1) is 6.92 Å². The van der Waals surface area contributed by atoms with E-state index in [-0.39, 0.29) is 0 Å². The van der Waals surface area contributed by atoms with Gasteiger partial charge in [-0.1, -0.05) is 12.1 Å². The second-order valence-corrected chi connectivity index (χ2v) is 5.66. The van der Waals surface area contributed by atoms with Crippen LogP contribution < -0.4 is 4.90 Å². The Morgan fingerprint density at radius 3 is 2.32 bits per heavy atom. The highest BCUT2D eigenvalue weighted by Gasteiger charge is 2.26. The van der Waals surface area contributed by atoms with Gasteiger partial charge in [0.05, 0.1) is 16.7 Å². The van der Waals surface area contributed by atoms with E-state index in [0.717, 1.165) is 48.7 Å². The topological polar surface area (TPSA) is 69.6 Å². The van der Waals surface area contributed by atoms with Gasteiger partial charge in [-0.05, 0) is 26.0 Å². The van der Waals surface area contributed by atoms with Gasteiger partial charge in [0, 0.05) is 26.2 Å². The first-order valence-corrected chi connectivity index (χ1v) is 7.51. The maximum Gasteiger partial charge on any atom is 0.320 e. The molecule has 1 aliphatic rings. The molecule has 6 heteroatoms. The first-order valence-electron chi connectivity index (χ1n) is 7.51. The van der Waals surface area contributed by atoms with Gasteiger partial charge in [-0.25, -0.2) is 9.97 Å². The molecule has 6 nitrogen and oxygen atoms in total. The van der Waals surface area contributed by atoms with Crippen molar-refractivity contribution >= 4 is 22.8 Å². The van der Waals surface area contributed by atoms with Crippen molar-refractivity contribution in [3.8, 4) is 0 Å². The smallest absolute Gasteiger partial charge is 0.320 e. The largest absolute Gasteiger partial charge is 0.480 e. The molecule has 0 saturated carbocycles. The van der Waals surface area contributed by atoms with E-state index in [1.807, 2.05) is 36.1 Å². The Labute approximate surface area is 129 Å². The lowest BCUT2D eigenvalue weighted by Crippen LogP contribution is -2.52. The highest BCUT2D eigenvalue weighted by Crippen LogP contribution is 2.21. The number of rotatable bonds is 3. The Kier molecular flexibility index (Phi) is 3.94. The van der Waals surface area contributed by atoms with Crippen LogP contribution in [0.4, 0.5) is 5.82 Å². The van der Waals surface area contributed by atoms with Crippen molar-refractivity contribution in [2.75, 3.05) is 31.1 Å². The van der Waals surface area contributed by atoms with E-state index < -0.39 is 12.0 Å². The molecule has 0 aliphatic carbocycles. The van der Waals surface area contributed by atoms with Gasteiger partial charge in [0.15, 0.2) is 5.82 Å². The number of carbonyl (C=O) groups is 1. The number of aromatic nitrogens is 2. The minimum Gasteiger partial charge on any atom is -0.480 e. The average Bonchev–Trinajstić information content (AvgIpc) is 2.53. The zero-order chi connectivity index (χ0) is 15.7. The molecule has 3 rings (SSSR count). The fourth-order valence-electron chi connectivity index (χ4n) is 2.86. The number of fused-ring (bicyclic) bond motifs is 1.